The number of aromatic nitrogens is 1. The van der Waals surface area contributed by atoms with Gasteiger partial charge in [0, 0.05) is 14.5 Å². The second-order valence-electron chi connectivity index (χ2n) is 3.58. The fraction of sp³-hybridized carbons (Fsp3) is 0. The van der Waals surface area contributed by atoms with Crippen LogP contribution in [0.15, 0.2) is 39.3 Å². The Morgan fingerprint density at radius 1 is 1.11 bits per heavy atom. The molecule has 0 saturated heterocycles. The van der Waals surface area contributed by atoms with Crippen molar-refractivity contribution >= 4 is 66.7 Å². The van der Waals surface area contributed by atoms with Crippen LogP contribution in [0.5, 0.6) is 0 Å². The van der Waals surface area contributed by atoms with Crippen molar-refractivity contribution in [3.8, 4) is 0 Å². The van der Waals surface area contributed by atoms with Crippen LogP contribution in [-0.4, -0.2) is 10.9 Å². The largest absolute Gasteiger partial charge is 0.321 e. The van der Waals surface area contributed by atoms with Gasteiger partial charge >= 0.3 is 0 Å². The van der Waals surface area contributed by atoms with E-state index in [1.54, 1.807) is 6.07 Å². The molecule has 0 atom stereocenters. The Labute approximate surface area is 136 Å². The van der Waals surface area contributed by atoms with Crippen LogP contribution in [0, 0.1) is 0 Å². The number of carbonyl (C=O) groups excluding carboxylic acids is 1. The van der Waals surface area contributed by atoms with E-state index in [1.165, 1.54) is 12.1 Å². The van der Waals surface area contributed by atoms with Crippen LogP contribution in [-0.2, 0) is 0 Å². The first-order valence-electron chi connectivity index (χ1n) is 5.05. The van der Waals surface area contributed by atoms with Gasteiger partial charge in [-0.2, -0.15) is 0 Å². The molecule has 0 bridgehead atoms. The molecule has 2 rings (SSSR count). The molecule has 98 valence electrons. The van der Waals surface area contributed by atoms with Gasteiger partial charge in [0.1, 0.15) is 10.3 Å². The standard InChI is InChI=1S/C12H6Br2Cl2N2O/c13-7-1-2-9(8(14)5-7)17-12(19)6-3-10(15)18-11(16)4-6/h1-5H,(H,17,19). The molecule has 0 radical (unpaired) electrons. The summed E-state index contributed by atoms with van der Waals surface area (Å²) in [7, 11) is 0. The molecule has 0 spiro atoms. The van der Waals surface area contributed by atoms with Crippen molar-refractivity contribution < 1.29 is 4.79 Å². The highest BCUT2D eigenvalue weighted by Crippen LogP contribution is 2.27. The third kappa shape index (κ3) is 3.92. The van der Waals surface area contributed by atoms with Crippen molar-refractivity contribution in [2.45, 2.75) is 0 Å². The van der Waals surface area contributed by atoms with E-state index < -0.39 is 0 Å². The van der Waals surface area contributed by atoms with E-state index in [2.05, 4.69) is 42.2 Å². The zero-order chi connectivity index (χ0) is 14.0. The Hall–Kier alpha value is -0.620. The number of amides is 1. The monoisotopic (exact) mass is 422 g/mol. The first-order chi connectivity index (χ1) is 8.95. The molecule has 0 aliphatic rings. The number of rotatable bonds is 2. The Bertz CT molecular complexity index is 629. The quantitative estimate of drug-likeness (QED) is 0.676. The van der Waals surface area contributed by atoms with Gasteiger partial charge < -0.3 is 5.32 Å². The summed E-state index contributed by atoms with van der Waals surface area (Å²) < 4.78 is 1.67. The molecule has 1 heterocycles. The third-order valence-corrected chi connectivity index (χ3v) is 3.74. The zero-order valence-corrected chi connectivity index (χ0v) is 13.9. The van der Waals surface area contributed by atoms with Crippen LogP contribution in [0.1, 0.15) is 10.4 Å². The van der Waals surface area contributed by atoms with Gasteiger partial charge in [-0.3, -0.25) is 4.79 Å². The lowest BCUT2D eigenvalue weighted by Crippen LogP contribution is -2.12. The Balaban J connectivity index is 2.25. The molecule has 0 aliphatic heterocycles. The number of carbonyl (C=O) groups is 1. The highest BCUT2D eigenvalue weighted by molar-refractivity contribution is 9.11. The molecule has 2 aromatic rings. The minimum absolute atomic E-state index is 0.174. The molecule has 7 heteroatoms. The molecular weight excluding hydrogens is 419 g/mol. The minimum Gasteiger partial charge on any atom is -0.321 e. The maximum atomic E-state index is 12.1. The molecule has 19 heavy (non-hydrogen) atoms. The Morgan fingerprint density at radius 3 is 2.32 bits per heavy atom. The summed E-state index contributed by atoms with van der Waals surface area (Å²) >= 11 is 18.2. The summed E-state index contributed by atoms with van der Waals surface area (Å²) in [6, 6.07) is 8.34. The first kappa shape index (κ1) is 14.8. The minimum atomic E-state index is -0.311. The Morgan fingerprint density at radius 2 is 1.74 bits per heavy atom. The number of anilines is 1. The van der Waals surface area contributed by atoms with Gasteiger partial charge in [-0.15, -0.1) is 0 Å². The first-order valence-corrected chi connectivity index (χ1v) is 7.39. The fourth-order valence-corrected chi connectivity index (χ4v) is 2.99. The number of nitrogens with zero attached hydrogens (tertiary/aromatic N) is 1. The molecule has 0 aliphatic carbocycles. The molecule has 1 N–H and O–H groups in total. The molecule has 0 unspecified atom stereocenters. The highest BCUT2D eigenvalue weighted by atomic mass is 79.9. The molecule has 0 fully saturated rings. The van der Waals surface area contributed by atoms with Crippen molar-refractivity contribution in [3.05, 3.63) is 55.1 Å². The lowest BCUT2D eigenvalue weighted by Gasteiger charge is -2.08. The van der Waals surface area contributed by atoms with Crippen LogP contribution in [0.3, 0.4) is 0 Å². The topological polar surface area (TPSA) is 42.0 Å². The second kappa shape index (κ2) is 6.22. The smallest absolute Gasteiger partial charge is 0.255 e. The van der Waals surface area contributed by atoms with Gasteiger partial charge in [-0.25, -0.2) is 4.98 Å². The zero-order valence-electron chi connectivity index (χ0n) is 9.25. The Kier molecular flexibility index (Phi) is 4.84. The number of pyridine rings is 1. The summed E-state index contributed by atoms with van der Waals surface area (Å²) in [5.41, 5.74) is 0.997. The van der Waals surface area contributed by atoms with Crippen molar-refractivity contribution in [1.29, 1.82) is 0 Å². The van der Waals surface area contributed by atoms with Crippen molar-refractivity contribution in [1.82, 2.24) is 4.98 Å². The summed E-state index contributed by atoms with van der Waals surface area (Å²) in [6.07, 6.45) is 0. The van der Waals surface area contributed by atoms with Gasteiger partial charge in [-0.05, 0) is 46.3 Å². The summed E-state index contributed by atoms with van der Waals surface area (Å²) in [5.74, 6) is -0.311. The number of hydrogen-bond acceptors (Lipinski definition) is 2. The summed E-state index contributed by atoms with van der Waals surface area (Å²) in [5, 5.41) is 3.10. The molecule has 1 aromatic carbocycles. The third-order valence-electron chi connectivity index (χ3n) is 2.20. The fourth-order valence-electron chi connectivity index (χ4n) is 1.38. The summed E-state index contributed by atoms with van der Waals surface area (Å²) in [4.78, 5) is 15.9. The van der Waals surface area contributed by atoms with E-state index in [9.17, 15) is 4.79 Å². The molecule has 3 nitrogen and oxygen atoms in total. The highest BCUT2D eigenvalue weighted by Gasteiger charge is 2.10. The maximum Gasteiger partial charge on any atom is 0.255 e. The van der Waals surface area contributed by atoms with Crippen molar-refractivity contribution in [2.75, 3.05) is 5.32 Å². The van der Waals surface area contributed by atoms with Crippen LogP contribution in [0.25, 0.3) is 0 Å². The lowest BCUT2D eigenvalue weighted by molar-refractivity contribution is 0.102. The predicted octanol–water partition coefficient (Wildman–Crippen LogP) is 5.17. The van der Waals surface area contributed by atoms with Crippen LogP contribution >= 0.6 is 55.1 Å². The SMILES string of the molecule is O=C(Nc1ccc(Br)cc1Br)c1cc(Cl)nc(Cl)c1. The summed E-state index contributed by atoms with van der Waals surface area (Å²) in [6.45, 7) is 0. The van der Waals surface area contributed by atoms with E-state index in [0.717, 1.165) is 8.95 Å². The number of nitrogens with one attached hydrogen (secondary N) is 1. The number of benzene rings is 1. The van der Waals surface area contributed by atoms with Crippen molar-refractivity contribution in [2.24, 2.45) is 0 Å². The molecule has 1 amide bonds. The van der Waals surface area contributed by atoms with Crippen LogP contribution in [0.4, 0.5) is 5.69 Å². The van der Waals surface area contributed by atoms with Gasteiger partial charge in [0.05, 0.1) is 5.69 Å². The van der Waals surface area contributed by atoms with E-state index in [-0.39, 0.29) is 16.2 Å². The van der Waals surface area contributed by atoms with E-state index in [0.29, 0.717) is 11.3 Å². The predicted molar refractivity (Wildman–Crippen MR) is 84.1 cm³/mol. The second-order valence-corrected chi connectivity index (χ2v) is 6.12. The van der Waals surface area contributed by atoms with Gasteiger partial charge in [0.25, 0.3) is 5.91 Å². The molecule has 0 saturated carbocycles. The normalized spacial score (nSPS) is 10.3. The number of hydrogen-bond donors (Lipinski definition) is 1. The molecular formula is C12H6Br2Cl2N2O. The van der Waals surface area contributed by atoms with E-state index >= 15 is 0 Å². The van der Waals surface area contributed by atoms with Gasteiger partial charge in [0.15, 0.2) is 0 Å². The van der Waals surface area contributed by atoms with Crippen LogP contribution in [0.2, 0.25) is 10.3 Å². The number of halogens is 4. The lowest BCUT2D eigenvalue weighted by atomic mass is 10.2. The van der Waals surface area contributed by atoms with Crippen LogP contribution < -0.4 is 5.32 Å². The van der Waals surface area contributed by atoms with E-state index in [1.807, 2.05) is 12.1 Å². The van der Waals surface area contributed by atoms with Crippen molar-refractivity contribution in [3.63, 3.8) is 0 Å². The van der Waals surface area contributed by atoms with Gasteiger partial charge in [-0.1, -0.05) is 39.1 Å². The maximum absolute atomic E-state index is 12.1. The van der Waals surface area contributed by atoms with E-state index in [4.69, 9.17) is 23.2 Å². The molecule has 1 aromatic heterocycles. The average molecular weight is 425 g/mol. The average Bonchev–Trinajstić information content (AvgIpc) is 2.31. The van der Waals surface area contributed by atoms with Gasteiger partial charge in [0.2, 0.25) is 0 Å².